The lowest BCUT2D eigenvalue weighted by Crippen LogP contribution is -2.43. The molecule has 3 saturated heterocycles. The number of rotatable bonds is 6. The number of nitrogens with zero attached hydrogens (tertiary/aromatic N) is 5. The number of pyridine rings is 1. The molecule has 0 spiro atoms. The lowest BCUT2D eigenvalue weighted by molar-refractivity contribution is 0.107. The Balaban J connectivity index is 1.56. The lowest BCUT2D eigenvalue weighted by atomic mass is 9.95. The largest absolute Gasteiger partial charge is 0.477 e. The minimum Gasteiger partial charge on any atom is -0.477 e. The standard InChI is InChI=1S/C22H28ClF2N5O3/c1-2-32-20-15-17(16(25)18(23)27-20)26-21(28-19(15)29-6-4-9-31-10-8-29)33-13-22-5-3-7-30(22)12-14(24)11-22/h14H,2-13H2,1H3/t14-,22+/m1/s1. The van der Waals surface area contributed by atoms with Gasteiger partial charge in [0.1, 0.15) is 29.5 Å². The highest BCUT2D eigenvalue weighted by Gasteiger charge is 2.49. The first-order chi connectivity index (χ1) is 16.0. The molecule has 8 nitrogen and oxygen atoms in total. The molecule has 2 atom stereocenters. The second-order valence-electron chi connectivity index (χ2n) is 8.83. The van der Waals surface area contributed by atoms with Crippen molar-refractivity contribution in [3.63, 3.8) is 0 Å². The van der Waals surface area contributed by atoms with Crippen LogP contribution in [0.25, 0.3) is 10.9 Å². The van der Waals surface area contributed by atoms with Crippen molar-refractivity contribution in [3.8, 4) is 11.9 Å². The summed E-state index contributed by atoms with van der Waals surface area (Å²) in [7, 11) is 0. The van der Waals surface area contributed by atoms with Crippen LogP contribution in [0.2, 0.25) is 5.15 Å². The van der Waals surface area contributed by atoms with Crippen molar-refractivity contribution < 1.29 is 23.0 Å². The fourth-order valence-corrected chi connectivity index (χ4v) is 5.38. The van der Waals surface area contributed by atoms with Gasteiger partial charge in [0.2, 0.25) is 5.88 Å². The first-order valence-electron chi connectivity index (χ1n) is 11.5. The van der Waals surface area contributed by atoms with Crippen molar-refractivity contribution in [1.82, 2.24) is 19.9 Å². The molecule has 3 aliphatic rings. The van der Waals surface area contributed by atoms with Gasteiger partial charge in [0.25, 0.3) is 0 Å². The SMILES string of the molecule is CCOc1nc(Cl)c(F)c2nc(OC[C@@]34CCCN3C[C@H](F)C4)nc(N3CCCOCC3)c12. The molecule has 180 valence electrons. The quantitative estimate of drug-likeness (QED) is 0.579. The maximum atomic E-state index is 15.1. The van der Waals surface area contributed by atoms with Crippen LogP contribution in [0.3, 0.4) is 0 Å². The average molecular weight is 484 g/mol. The smallest absolute Gasteiger partial charge is 0.319 e. The zero-order valence-corrected chi connectivity index (χ0v) is 19.4. The van der Waals surface area contributed by atoms with E-state index in [0.717, 1.165) is 25.8 Å². The van der Waals surface area contributed by atoms with Gasteiger partial charge >= 0.3 is 6.01 Å². The molecule has 0 aromatic carbocycles. The van der Waals surface area contributed by atoms with Crippen LogP contribution < -0.4 is 14.4 Å². The van der Waals surface area contributed by atoms with Gasteiger partial charge in [-0.3, -0.25) is 4.90 Å². The number of hydrogen-bond acceptors (Lipinski definition) is 8. The summed E-state index contributed by atoms with van der Waals surface area (Å²) in [5.41, 5.74) is -0.363. The molecular formula is C22H28ClF2N5O3. The third-order valence-corrected chi connectivity index (χ3v) is 6.96. The second kappa shape index (κ2) is 9.31. The van der Waals surface area contributed by atoms with Crippen LogP contribution in [0.15, 0.2) is 0 Å². The van der Waals surface area contributed by atoms with E-state index in [0.29, 0.717) is 57.1 Å². The summed E-state index contributed by atoms with van der Waals surface area (Å²) >= 11 is 6.06. The Morgan fingerprint density at radius 1 is 1.15 bits per heavy atom. The summed E-state index contributed by atoms with van der Waals surface area (Å²) in [5.74, 6) is -0.0927. The van der Waals surface area contributed by atoms with Gasteiger partial charge in [0.05, 0.1) is 18.8 Å². The molecule has 0 unspecified atom stereocenters. The van der Waals surface area contributed by atoms with Gasteiger partial charge in [-0.15, -0.1) is 0 Å². The molecule has 2 aromatic heterocycles. The van der Waals surface area contributed by atoms with Gasteiger partial charge in [0.15, 0.2) is 11.0 Å². The summed E-state index contributed by atoms with van der Waals surface area (Å²) in [5, 5.41) is 0.0377. The van der Waals surface area contributed by atoms with Gasteiger partial charge in [-0.1, -0.05) is 11.6 Å². The van der Waals surface area contributed by atoms with E-state index in [-0.39, 0.29) is 34.7 Å². The van der Waals surface area contributed by atoms with E-state index in [2.05, 4.69) is 19.9 Å². The Kier molecular flexibility index (Phi) is 6.41. The molecule has 0 saturated carbocycles. The van der Waals surface area contributed by atoms with Crippen LogP contribution in [-0.4, -0.2) is 84.2 Å². The molecule has 5 heterocycles. The lowest BCUT2D eigenvalue weighted by Gasteiger charge is -2.31. The Morgan fingerprint density at radius 2 is 2.03 bits per heavy atom. The normalized spacial score (nSPS) is 25.9. The molecule has 5 rings (SSSR count). The highest BCUT2D eigenvalue weighted by molar-refractivity contribution is 6.30. The predicted molar refractivity (Wildman–Crippen MR) is 120 cm³/mol. The second-order valence-corrected chi connectivity index (χ2v) is 9.18. The molecule has 11 heteroatoms. The minimum atomic E-state index is -0.866. The van der Waals surface area contributed by atoms with Crippen LogP contribution in [0.5, 0.6) is 11.9 Å². The molecule has 3 fully saturated rings. The fraction of sp³-hybridized carbons (Fsp3) is 0.682. The van der Waals surface area contributed by atoms with E-state index in [9.17, 15) is 4.39 Å². The van der Waals surface area contributed by atoms with Crippen LogP contribution in [0, 0.1) is 5.82 Å². The summed E-state index contributed by atoms with van der Waals surface area (Å²) in [6, 6.07) is 0.0369. The van der Waals surface area contributed by atoms with Crippen LogP contribution in [0.1, 0.15) is 32.6 Å². The number of alkyl halides is 1. The third kappa shape index (κ3) is 4.28. The van der Waals surface area contributed by atoms with Crippen LogP contribution >= 0.6 is 11.6 Å². The summed E-state index contributed by atoms with van der Waals surface area (Å²) in [6.45, 7) is 6.07. The summed E-state index contributed by atoms with van der Waals surface area (Å²) < 4.78 is 46.6. The van der Waals surface area contributed by atoms with Crippen molar-refractivity contribution in [2.45, 2.75) is 44.3 Å². The van der Waals surface area contributed by atoms with Crippen molar-refractivity contribution in [2.75, 3.05) is 57.5 Å². The third-order valence-electron chi connectivity index (χ3n) is 6.71. The van der Waals surface area contributed by atoms with Gasteiger partial charge in [0, 0.05) is 32.7 Å². The van der Waals surface area contributed by atoms with Gasteiger partial charge in [-0.25, -0.2) is 8.78 Å². The van der Waals surface area contributed by atoms with Crippen molar-refractivity contribution in [1.29, 1.82) is 0 Å². The number of anilines is 1. The number of halogens is 3. The Morgan fingerprint density at radius 3 is 2.88 bits per heavy atom. The topological polar surface area (TPSA) is 72.8 Å². The zero-order chi connectivity index (χ0) is 23.0. The average Bonchev–Trinajstić information content (AvgIpc) is 3.17. The molecule has 0 radical (unpaired) electrons. The number of ether oxygens (including phenoxy) is 3. The maximum absolute atomic E-state index is 15.1. The van der Waals surface area contributed by atoms with Gasteiger partial charge in [-0.2, -0.15) is 15.0 Å². The Hall–Kier alpha value is -2.04. The fourth-order valence-electron chi connectivity index (χ4n) is 5.22. The molecule has 0 amide bonds. The van der Waals surface area contributed by atoms with Gasteiger partial charge in [-0.05, 0) is 32.7 Å². The number of hydrogen-bond donors (Lipinski definition) is 0. The molecule has 33 heavy (non-hydrogen) atoms. The van der Waals surface area contributed by atoms with E-state index in [4.69, 9.17) is 25.8 Å². The maximum Gasteiger partial charge on any atom is 0.319 e. The Bertz CT molecular complexity index is 1020. The van der Waals surface area contributed by atoms with E-state index in [1.54, 1.807) is 0 Å². The zero-order valence-electron chi connectivity index (χ0n) is 18.7. The molecule has 0 aliphatic carbocycles. The van der Waals surface area contributed by atoms with Crippen molar-refractivity contribution in [2.24, 2.45) is 0 Å². The first kappa shape index (κ1) is 22.7. The molecule has 2 aromatic rings. The summed E-state index contributed by atoms with van der Waals surface area (Å²) in [4.78, 5) is 17.3. The molecule has 0 bridgehead atoms. The number of fused-ring (bicyclic) bond motifs is 2. The van der Waals surface area contributed by atoms with Crippen molar-refractivity contribution >= 4 is 28.3 Å². The monoisotopic (exact) mass is 483 g/mol. The predicted octanol–water partition coefficient (Wildman–Crippen LogP) is 3.40. The van der Waals surface area contributed by atoms with E-state index < -0.39 is 12.0 Å². The van der Waals surface area contributed by atoms with Crippen molar-refractivity contribution in [3.05, 3.63) is 11.0 Å². The molecule has 3 aliphatic heterocycles. The van der Waals surface area contributed by atoms with Gasteiger partial charge < -0.3 is 19.1 Å². The first-order valence-corrected chi connectivity index (χ1v) is 11.9. The van der Waals surface area contributed by atoms with Crippen LogP contribution in [-0.2, 0) is 4.74 Å². The highest BCUT2D eigenvalue weighted by atomic mass is 35.5. The van der Waals surface area contributed by atoms with E-state index in [1.807, 2.05) is 11.8 Å². The highest BCUT2D eigenvalue weighted by Crippen LogP contribution is 2.41. The number of aromatic nitrogens is 3. The van der Waals surface area contributed by atoms with E-state index in [1.165, 1.54) is 0 Å². The summed E-state index contributed by atoms with van der Waals surface area (Å²) in [6.07, 6.45) is 2.22. The molecule has 0 N–H and O–H groups in total. The Labute approximate surface area is 196 Å². The minimum absolute atomic E-state index is 0.000756. The molecular weight excluding hydrogens is 456 g/mol. The van der Waals surface area contributed by atoms with E-state index >= 15 is 4.39 Å². The van der Waals surface area contributed by atoms with Crippen LogP contribution in [0.4, 0.5) is 14.6 Å².